The van der Waals surface area contributed by atoms with Gasteiger partial charge in [0.25, 0.3) is 0 Å². The van der Waals surface area contributed by atoms with Crippen molar-refractivity contribution in [3.63, 3.8) is 0 Å². The van der Waals surface area contributed by atoms with Crippen LogP contribution in [0.25, 0.3) is 10.2 Å². The SMILES string of the molecule is Cc1noc([C@H]2C[C@H](O)CN2Cc2cnc3ccsc3c2)n1. The molecule has 3 aromatic rings. The molecule has 0 aromatic carbocycles. The first-order valence-electron chi connectivity index (χ1n) is 7.23. The highest BCUT2D eigenvalue weighted by atomic mass is 32.1. The second-order valence-electron chi connectivity index (χ2n) is 5.66. The van der Waals surface area contributed by atoms with Gasteiger partial charge in [0.1, 0.15) is 0 Å². The van der Waals surface area contributed by atoms with Gasteiger partial charge in [0, 0.05) is 19.3 Å². The van der Waals surface area contributed by atoms with Crippen molar-refractivity contribution in [2.75, 3.05) is 6.54 Å². The van der Waals surface area contributed by atoms with E-state index in [4.69, 9.17) is 4.52 Å². The van der Waals surface area contributed by atoms with Crippen LogP contribution >= 0.6 is 11.3 Å². The van der Waals surface area contributed by atoms with Gasteiger partial charge in [-0.3, -0.25) is 9.88 Å². The number of likely N-dealkylation sites (tertiary alicyclic amines) is 1. The number of thiophene rings is 1. The maximum Gasteiger partial charge on any atom is 0.244 e. The molecule has 0 saturated carbocycles. The minimum atomic E-state index is -0.365. The Labute approximate surface area is 131 Å². The molecule has 0 amide bonds. The fraction of sp³-hybridized carbons (Fsp3) is 0.400. The predicted octanol–water partition coefficient (Wildman–Crippen LogP) is 2.30. The number of fused-ring (bicyclic) bond motifs is 1. The monoisotopic (exact) mass is 316 g/mol. The van der Waals surface area contributed by atoms with Crippen molar-refractivity contribution >= 4 is 21.6 Å². The summed E-state index contributed by atoms with van der Waals surface area (Å²) in [5.74, 6) is 1.21. The standard InChI is InChI=1S/C15H16N4O2S/c1-9-17-15(21-18-9)13-5-11(20)8-19(13)7-10-4-14-12(16-6-10)2-3-22-14/h2-4,6,11,13,20H,5,7-8H2,1H3/t11-,13+/m0/s1. The zero-order valence-corrected chi connectivity index (χ0v) is 13.0. The third kappa shape index (κ3) is 2.51. The lowest BCUT2D eigenvalue weighted by Crippen LogP contribution is -2.24. The average molecular weight is 316 g/mol. The van der Waals surface area contributed by atoms with E-state index in [1.807, 2.05) is 17.6 Å². The molecule has 22 heavy (non-hydrogen) atoms. The number of aryl methyl sites for hydroxylation is 1. The van der Waals surface area contributed by atoms with Gasteiger partial charge in [-0.1, -0.05) is 5.16 Å². The molecule has 1 aliphatic heterocycles. The number of rotatable bonds is 3. The van der Waals surface area contributed by atoms with Crippen LogP contribution in [0.4, 0.5) is 0 Å². The number of aliphatic hydroxyl groups is 1. The Morgan fingerprint density at radius 1 is 1.50 bits per heavy atom. The smallest absolute Gasteiger partial charge is 0.244 e. The zero-order chi connectivity index (χ0) is 15.1. The molecule has 4 rings (SSSR count). The fourth-order valence-electron chi connectivity index (χ4n) is 2.97. The Balaban J connectivity index is 1.59. The summed E-state index contributed by atoms with van der Waals surface area (Å²) in [4.78, 5) is 11.0. The van der Waals surface area contributed by atoms with Crippen LogP contribution in [0, 0.1) is 6.92 Å². The van der Waals surface area contributed by atoms with Gasteiger partial charge >= 0.3 is 0 Å². The average Bonchev–Trinajstić information content (AvgIpc) is 3.18. The normalized spacial score (nSPS) is 22.6. The van der Waals surface area contributed by atoms with Crippen LogP contribution in [0.1, 0.15) is 29.7 Å². The minimum absolute atomic E-state index is 0.0322. The van der Waals surface area contributed by atoms with E-state index in [0.717, 1.165) is 11.1 Å². The van der Waals surface area contributed by atoms with Crippen molar-refractivity contribution in [1.82, 2.24) is 20.0 Å². The molecular formula is C15H16N4O2S. The van der Waals surface area contributed by atoms with Gasteiger partial charge in [-0.15, -0.1) is 11.3 Å². The Kier molecular flexibility index (Phi) is 3.40. The first-order chi connectivity index (χ1) is 10.7. The summed E-state index contributed by atoms with van der Waals surface area (Å²) in [5.41, 5.74) is 2.16. The number of nitrogens with zero attached hydrogens (tertiary/aromatic N) is 4. The Morgan fingerprint density at radius 2 is 2.41 bits per heavy atom. The van der Waals surface area contributed by atoms with Gasteiger partial charge in [0.05, 0.1) is 22.4 Å². The lowest BCUT2D eigenvalue weighted by atomic mass is 10.2. The Hall–Kier alpha value is -1.83. The number of pyridine rings is 1. The van der Waals surface area contributed by atoms with Gasteiger partial charge in [-0.25, -0.2) is 0 Å². The topological polar surface area (TPSA) is 75.3 Å². The summed E-state index contributed by atoms with van der Waals surface area (Å²) < 4.78 is 6.48. The number of hydrogen-bond acceptors (Lipinski definition) is 7. The zero-order valence-electron chi connectivity index (χ0n) is 12.1. The molecule has 2 atom stereocenters. The largest absolute Gasteiger partial charge is 0.392 e. The second kappa shape index (κ2) is 5.42. The highest BCUT2D eigenvalue weighted by Gasteiger charge is 2.35. The highest BCUT2D eigenvalue weighted by Crippen LogP contribution is 2.33. The molecule has 0 aliphatic carbocycles. The van der Waals surface area contributed by atoms with Crippen LogP contribution < -0.4 is 0 Å². The van der Waals surface area contributed by atoms with E-state index >= 15 is 0 Å². The van der Waals surface area contributed by atoms with Crippen molar-refractivity contribution in [2.45, 2.75) is 32.0 Å². The van der Waals surface area contributed by atoms with Crippen molar-refractivity contribution in [3.05, 3.63) is 41.0 Å². The number of β-amino-alcohol motifs (C(OH)–C–C–N with tert-alkyl or cyclic N) is 1. The molecule has 1 fully saturated rings. The van der Waals surface area contributed by atoms with E-state index in [1.54, 1.807) is 18.3 Å². The van der Waals surface area contributed by atoms with Crippen LogP contribution in [0.15, 0.2) is 28.2 Å². The Bertz CT molecular complexity index is 800. The Morgan fingerprint density at radius 3 is 3.23 bits per heavy atom. The molecule has 1 aliphatic rings. The minimum Gasteiger partial charge on any atom is -0.392 e. The molecule has 0 bridgehead atoms. The van der Waals surface area contributed by atoms with Gasteiger partial charge in [-0.05, 0) is 36.4 Å². The van der Waals surface area contributed by atoms with E-state index in [0.29, 0.717) is 31.2 Å². The fourth-order valence-corrected chi connectivity index (χ4v) is 3.77. The van der Waals surface area contributed by atoms with Crippen molar-refractivity contribution in [2.24, 2.45) is 0 Å². The summed E-state index contributed by atoms with van der Waals surface area (Å²) in [7, 11) is 0. The lowest BCUT2D eigenvalue weighted by molar-refractivity contribution is 0.169. The molecule has 6 nitrogen and oxygen atoms in total. The third-order valence-electron chi connectivity index (χ3n) is 3.95. The summed E-state index contributed by atoms with van der Waals surface area (Å²) in [6.07, 6.45) is 2.15. The van der Waals surface area contributed by atoms with Crippen LogP contribution in [-0.2, 0) is 6.54 Å². The van der Waals surface area contributed by atoms with Crippen molar-refractivity contribution < 1.29 is 9.63 Å². The molecule has 0 spiro atoms. The molecule has 1 saturated heterocycles. The lowest BCUT2D eigenvalue weighted by Gasteiger charge is -2.20. The van der Waals surface area contributed by atoms with E-state index < -0.39 is 0 Å². The van der Waals surface area contributed by atoms with Crippen LogP contribution in [0.5, 0.6) is 0 Å². The van der Waals surface area contributed by atoms with Crippen molar-refractivity contribution in [1.29, 1.82) is 0 Å². The molecular weight excluding hydrogens is 300 g/mol. The molecule has 3 aromatic heterocycles. The third-order valence-corrected chi connectivity index (χ3v) is 4.81. The first-order valence-corrected chi connectivity index (χ1v) is 8.11. The van der Waals surface area contributed by atoms with Crippen LogP contribution in [-0.4, -0.2) is 37.8 Å². The summed E-state index contributed by atoms with van der Waals surface area (Å²) in [6, 6.07) is 4.15. The molecule has 7 heteroatoms. The molecule has 4 heterocycles. The summed E-state index contributed by atoms with van der Waals surface area (Å²) in [6.45, 7) is 3.12. The number of aliphatic hydroxyl groups excluding tert-OH is 1. The first kappa shape index (κ1) is 13.8. The van der Waals surface area contributed by atoms with E-state index in [-0.39, 0.29) is 12.1 Å². The van der Waals surface area contributed by atoms with E-state index in [9.17, 15) is 5.11 Å². The molecule has 0 unspecified atom stereocenters. The predicted molar refractivity (Wildman–Crippen MR) is 82.4 cm³/mol. The maximum absolute atomic E-state index is 10.0. The van der Waals surface area contributed by atoms with Gasteiger partial charge in [0.2, 0.25) is 5.89 Å². The number of hydrogen-bond donors (Lipinski definition) is 1. The summed E-state index contributed by atoms with van der Waals surface area (Å²) >= 11 is 1.69. The molecule has 0 radical (unpaired) electrons. The number of aromatic nitrogens is 3. The highest BCUT2D eigenvalue weighted by molar-refractivity contribution is 7.17. The summed E-state index contributed by atoms with van der Waals surface area (Å²) in [5, 5.41) is 15.9. The van der Waals surface area contributed by atoms with Gasteiger partial charge in [0.15, 0.2) is 5.82 Å². The molecule has 1 N–H and O–H groups in total. The van der Waals surface area contributed by atoms with Gasteiger partial charge in [-0.2, -0.15) is 4.98 Å². The van der Waals surface area contributed by atoms with Crippen LogP contribution in [0.3, 0.4) is 0 Å². The quantitative estimate of drug-likeness (QED) is 0.799. The maximum atomic E-state index is 10.0. The second-order valence-corrected chi connectivity index (χ2v) is 6.61. The van der Waals surface area contributed by atoms with E-state index in [2.05, 4.69) is 26.1 Å². The van der Waals surface area contributed by atoms with Crippen molar-refractivity contribution in [3.8, 4) is 0 Å². The molecule has 114 valence electrons. The van der Waals surface area contributed by atoms with E-state index in [1.165, 1.54) is 4.70 Å². The van der Waals surface area contributed by atoms with Crippen LogP contribution in [0.2, 0.25) is 0 Å². The van der Waals surface area contributed by atoms with Gasteiger partial charge < -0.3 is 9.63 Å².